The highest BCUT2D eigenvalue weighted by atomic mass is 16.6. The third kappa shape index (κ3) is 6.73. The largest absolute Gasteiger partial charge is 0.484 e. The van der Waals surface area contributed by atoms with Gasteiger partial charge in [-0.1, -0.05) is 12.1 Å². The number of hydrazone groups is 1. The van der Waals surface area contributed by atoms with Crippen molar-refractivity contribution in [3.05, 3.63) is 99.1 Å². The van der Waals surface area contributed by atoms with Crippen molar-refractivity contribution in [1.29, 1.82) is 0 Å². The lowest BCUT2D eigenvalue weighted by Crippen LogP contribution is -2.20. The fourth-order valence-corrected chi connectivity index (χ4v) is 2.81. The number of benzene rings is 3. The van der Waals surface area contributed by atoms with Crippen molar-refractivity contribution in [3.8, 4) is 5.75 Å². The van der Waals surface area contributed by atoms with Gasteiger partial charge in [0.15, 0.2) is 6.61 Å². The van der Waals surface area contributed by atoms with Gasteiger partial charge in [0, 0.05) is 23.4 Å². The van der Waals surface area contributed by atoms with E-state index in [1.165, 1.54) is 30.5 Å². The Balaban J connectivity index is 1.48. The summed E-state index contributed by atoms with van der Waals surface area (Å²) in [6.07, 6.45) is 1.42. The molecule has 0 saturated carbocycles. The topological polar surface area (TPSA) is 123 Å². The predicted octanol–water partition coefficient (Wildman–Crippen LogP) is 3.99. The van der Waals surface area contributed by atoms with Crippen molar-refractivity contribution in [2.75, 3.05) is 11.9 Å². The average Bonchev–Trinajstić information content (AvgIpc) is 2.81. The van der Waals surface area contributed by atoms with E-state index in [-0.39, 0.29) is 23.8 Å². The van der Waals surface area contributed by atoms with Crippen molar-refractivity contribution in [2.45, 2.75) is 13.8 Å². The number of nitro groups is 1. The minimum absolute atomic E-state index is 0.129. The van der Waals surface area contributed by atoms with Gasteiger partial charge < -0.3 is 10.1 Å². The molecule has 168 valence electrons. The Morgan fingerprint density at radius 2 is 1.79 bits per heavy atom. The highest BCUT2D eigenvalue weighted by Crippen LogP contribution is 2.15. The van der Waals surface area contributed by atoms with Gasteiger partial charge in [-0.25, -0.2) is 5.43 Å². The van der Waals surface area contributed by atoms with Crippen molar-refractivity contribution < 1.29 is 19.2 Å². The number of carbonyl (C=O) groups excluding carboxylic acids is 2. The lowest BCUT2D eigenvalue weighted by atomic mass is 10.1. The number of non-ortho nitro benzene ring substituents is 1. The summed E-state index contributed by atoms with van der Waals surface area (Å²) in [7, 11) is 0. The van der Waals surface area contributed by atoms with Crippen LogP contribution in [0.4, 0.5) is 11.4 Å². The zero-order valence-corrected chi connectivity index (χ0v) is 18.1. The second kappa shape index (κ2) is 10.7. The number of hydrogen-bond acceptors (Lipinski definition) is 6. The number of hydrogen-bond donors (Lipinski definition) is 2. The minimum atomic E-state index is -0.573. The third-order valence-corrected chi connectivity index (χ3v) is 4.74. The molecule has 0 atom stereocenters. The Bertz CT molecular complexity index is 1210. The van der Waals surface area contributed by atoms with Gasteiger partial charge in [-0.05, 0) is 73.0 Å². The fraction of sp³-hybridized carbons (Fsp3) is 0.125. The van der Waals surface area contributed by atoms with Gasteiger partial charge in [0.2, 0.25) is 0 Å². The van der Waals surface area contributed by atoms with Crippen LogP contribution < -0.4 is 15.5 Å². The molecule has 9 heteroatoms. The van der Waals surface area contributed by atoms with Gasteiger partial charge in [0.1, 0.15) is 5.75 Å². The standard InChI is InChI=1S/C24H22N4O5/c1-16-6-9-20(12-17(16)2)26-23(29)15-33-22-10-7-18(8-11-22)14-25-27-24(30)19-4-3-5-21(13-19)28(31)32/h3-14H,15H2,1-2H3,(H,26,29)(H,27,30). The number of ether oxygens (including phenoxy) is 1. The zero-order valence-electron chi connectivity index (χ0n) is 18.1. The summed E-state index contributed by atoms with van der Waals surface area (Å²) in [5.41, 5.74) is 5.91. The van der Waals surface area contributed by atoms with Gasteiger partial charge in [-0.15, -0.1) is 0 Å². The number of aryl methyl sites for hydroxylation is 2. The second-order valence-electron chi connectivity index (χ2n) is 7.21. The first-order chi connectivity index (χ1) is 15.8. The number of nitrogens with one attached hydrogen (secondary N) is 2. The molecular weight excluding hydrogens is 424 g/mol. The van der Waals surface area contributed by atoms with Crippen molar-refractivity contribution in [2.24, 2.45) is 5.10 Å². The maximum absolute atomic E-state index is 12.1. The molecule has 2 N–H and O–H groups in total. The molecule has 9 nitrogen and oxygen atoms in total. The van der Waals surface area contributed by atoms with E-state index in [0.717, 1.165) is 11.1 Å². The SMILES string of the molecule is Cc1ccc(NC(=O)COc2ccc(C=NNC(=O)c3cccc([N+](=O)[O-])c3)cc2)cc1C. The van der Waals surface area contributed by atoms with Crippen LogP contribution in [0.15, 0.2) is 71.8 Å². The summed E-state index contributed by atoms with van der Waals surface area (Å²) in [5, 5.41) is 17.5. The van der Waals surface area contributed by atoms with Crippen LogP contribution in [0.3, 0.4) is 0 Å². The van der Waals surface area contributed by atoms with E-state index in [1.807, 2.05) is 32.0 Å². The fourth-order valence-electron chi connectivity index (χ4n) is 2.81. The number of anilines is 1. The predicted molar refractivity (Wildman–Crippen MR) is 125 cm³/mol. The molecule has 0 aliphatic carbocycles. The highest BCUT2D eigenvalue weighted by Gasteiger charge is 2.10. The van der Waals surface area contributed by atoms with Crippen LogP contribution in [0.1, 0.15) is 27.0 Å². The highest BCUT2D eigenvalue weighted by molar-refractivity contribution is 5.95. The van der Waals surface area contributed by atoms with Crippen LogP contribution >= 0.6 is 0 Å². The molecule has 3 aromatic carbocycles. The Hall–Kier alpha value is -4.53. The van der Waals surface area contributed by atoms with Gasteiger partial charge >= 0.3 is 0 Å². The molecule has 0 aromatic heterocycles. The van der Waals surface area contributed by atoms with E-state index >= 15 is 0 Å². The molecule has 3 rings (SSSR count). The molecule has 2 amide bonds. The maximum Gasteiger partial charge on any atom is 0.271 e. The van der Waals surface area contributed by atoms with Crippen LogP contribution in [0, 0.1) is 24.0 Å². The first kappa shape index (κ1) is 23.1. The molecule has 0 aliphatic rings. The van der Waals surface area contributed by atoms with Crippen molar-refractivity contribution >= 4 is 29.4 Å². The van der Waals surface area contributed by atoms with E-state index in [1.54, 1.807) is 24.3 Å². The van der Waals surface area contributed by atoms with Crippen molar-refractivity contribution in [3.63, 3.8) is 0 Å². The number of nitrogens with zero attached hydrogens (tertiary/aromatic N) is 2. The average molecular weight is 446 g/mol. The number of carbonyl (C=O) groups is 2. The zero-order chi connectivity index (χ0) is 23.8. The molecule has 33 heavy (non-hydrogen) atoms. The normalized spacial score (nSPS) is 10.6. The second-order valence-corrected chi connectivity index (χ2v) is 7.21. The van der Waals surface area contributed by atoms with E-state index < -0.39 is 10.8 Å². The number of amides is 2. The van der Waals surface area contributed by atoms with Gasteiger partial charge in [0.25, 0.3) is 17.5 Å². The molecule has 0 fully saturated rings. The first-order valence-corrected chi connectivity index (χ1v) is 9.99. The first-order valence-electron chi connectivity index (χ1n) is 9.99. The van der Waals surface area contributed by atoms with Crippen LogP contribution in [0.5, 0.6) is 5.75 Å². The van der Waals surface area contributed by atoms with E-state index in [4.69, 9.17) is 4.74 Å². The lowest BCUT2D eigenvalue weighted by molar-refractivity contribution is -0.384. The van der Waals surface area contributed by atoms with Gasteiger partial charge in [0.05, 0.1) is 11.1 Å². The Kier molecular flexibility index (Phi) is 7.48. The molecule has 0 bridgehead atoms. The summed E-state index contributed by atoms with van der Waals surface area (Å²) >= 11 is 0. The van der Waals surface area contributed by atoms with E-state index in [9.17, 15) is 19.7 Å². The van der Waals surface area contributed by atoms with Crippen LogP contribution in [-0.2, 0) is 4.79 Å². The number of rotatable bonds is 8. The summed E-state index contributed by atoms with van der Waals surface area (Å²) in [6, 6.07) is 17.8. The Labute approximate surface area is 190 Å². The molecule has 0 saturated heterocycles. The monoisotopic (exact) mass is 446 g/mol. The molecule has 0 radical (unpaired) electrons. The third-order valence-electron chi connectivity index (χ3n) is 4.74. The number of nitro benzene ring substituents is 1. The Morgan fingerprint density at radius 1 is 1.03 bits per heavy atom. The molecule has 3 aromatic rings. The summed E-state index contributed by atoms with van der Waals surface area (Å²) in [6.45, 7) is 3.84. The smallest absolute Gasteiger partial charge is 0.271 e. The lowest BCUT2D eigenvalue weighted by Gasteiger charge is -2.09. The van der Waals surface area contributed by atoms with Gasteiger partial charge in [-0.3, -0.25) is 19.7 Å². The summed E-state index contributed by atoms with van der Waals surface area (Å²) in [5.74, 6) is -0.333. The molecule has 0 unspecified atom stereocenters. The maximum atomic E-state index is 12.1. The van der Waals surface area contributed by atoms with E-state index in [0.29, 0.717) is 17.0 Å². The van der Waals surface area contributed by atoms with E-state index in [2.05, 4.69) is 15.8 Å². The quantitative estimate of drug-likeness (QED) is 0.308. The molecule has 0 heterocycles. The van der Waals surface area contributed by atoms with Crippen LogP contribution in [0.25, 0.3) is 0 Å². The Morgan fingerprint density at radius 3 is 2.48 bits per heavy atom. The van der Waals surface area contributed by atoms with Crippen LogP contribution in [0.2, 0.25) is 0 Å². The minimum Gasteiger partial charge on any atom is -0.484 e. The molecular formula is C24H22N4O5. The van der Waals surface area contributed by atoms with Crippen molar-refractivity contribution in [1.82, 2.24) is 5.43 Å². The van der Waals surface area contributed by atoms with Gasteiger partial charge in [-0.2, -0.15) is 5.10 Å². The molecule has 0 aliphatic heterocycles. The summed E-state index contributed by atoms with van der Waals surface area (Å²) < 4.78 is 5.50. The molecule has 0 spiro atoms. The summed E-state index contributed by atoms with van der Waals surface area (Å²) in [4.78, 5) is 34.4. The van der Waals surface area contributed by atoms with Crippen LogP contribution in [-0.4, -0.2) is 29.6 Å².